The molecule has 1 fully saturated rings. The number of aromatic nitrogens is 3. The van der Waals surface area contributed by atoms with Crippen molar-refractivity contribution in [1.29, 1.82) is 0 Å². The molecule has 1 aliphatic rings. The summed E-state index contributed by atoms with van der Waals surface area (Å²) in [5.74, 6) is -1.67. The average molecular weight is 512 g/mol. The van der Waals surface area contributed by atoms with Crippen molar-refractivity contribution in [3.05, 3.63) is 42.6 Å². The topological polar surface area (TPSA) is 155 Å². The maximum Gasteiger partial charge on any atom is 0.490 e. The predicted molar refractivity (Wildman–Crippen MR) is 121 cm³/mol. The minimum atomic E-state index is -5.08. The van der Waals surface area contributed by atoms with Crippen LogP contribution in [0.25, 0.3) is 0 Å². The number of nitrogens with zero attached hydrogens (tertiary/aromatic N) is 3. The number of nitrogens with one attached hydrogen (secondary N) is 3. The maximum atomic E-state index is 12.4. The SMILES string of the molecule is CNc1cnc(C(=O)NCC2CCC(NC(=O)C(C)Oc3cccnc3)C2)cn1.O=C(O)C(F)(F)F. The first-order valence-corrected chi connectivity index (χ1v) is 10.9. The third kappa shape index (κ3) is 9.35. The fourth-order valence-corrected chi connectivity index (χ4v) is 3.29. The van der Waals surface area contributed by atoms with E-state index < -0.39 is 18.2 Å². The fourth-order valence-electron chi connectivity index (χ4n) is 3.29. The summed E-state index contributed by atoms with van der Waals surface area (Å²) in [6.45, 7) is 2.26. The van der Waals surface area contributed by atoms with Gasteiger partial charge in [-0.15, -0.1) is 0 Å². The number of hydrogen-bond donors (Lipinski definition) is 4. The quantitative estimate of drug-likeness (QED) is 0.416. The molecule has 0 aromatic carbocycles. The summed E-state index contributed by atoms with van der Waals surface area (Å²) in [4.78, 5) is 45.6. The van der Waals surface area contributed by atoms with Crippen LogP contribution in [0.15, 0.2) is 36.9 Å². The number of aliphatic carboxylic acids is 1. The number of rotatable bonds is 8. The normalized spacial score (nSPS) is 17.7. The Balaban J connectivity index is 0.000000572. The zero-order valence-electron chi connectivity index (χ0n) is 19.6. The van der Waals surface area contributed by atoms with E-state index in [-0.39, 0.29) is 23.6 Å². The van der Waals surface area contributed by atoms with E-state index in [1.165, 1.54) is 12.4 Å². The number of carboxylic acids is 1. The van der Waals surface area contributed by atoms with Crippen molar-refractivity contribution in [2.45, 2.75) is 44.5 Å². The summed E-state index contributed by atoms with van der Waals surface area (Å²) in [5.41, 5.74) is 0.285. The van der Waals surface area contributed by atoms with Gasteiger partial charge in [0, 0.05) is 25.8 Å². The molecule has 4 N–H and O–H groups in total. The minimum absolute atomic E-state index is 0.0825. The zero-order chi connectivity index (χ0) is 26.7. The molecule has 3 rings (SSSR count). The smallest absolute Gasteiger partial charge is 0.479 e. The molecule has 14 heteroatoms. The summed E-state index contributed by atoms with van der Waals surface area (Å²) in [7, 11) is 1.74. The van der Waals surface area contributed by atoms with E-state index in [2.05, 4.69) is 30.9 Å². The van der Waals surface area contributed by atoms with Crippen molar-refractivity contribution in [2.75, 3.05) is 18.9 Å². The lowest BCUT2D eigenvalue weighted by atomic mass is 10.1. The van der Waals surface area contributed by atoms with Gasteiger partial charge in [-0.25, -0.2) is 14.8 Å². The molecule has 3 unspecified atom stereocenters. The van der Waals surface area contributed by atoms with Crippen molar-refractivity contribution in [3.63, 3.8) is 0 Å². The number of carbonyl (C=O) groups excluding carboxylic acids is 2. The van der Waals surface area contributed by atoms with E-state index in [4.69, 9.17) is 14.6 Å². The Bertz CT molecular complexity index is 1010. The molecule has 11 nitrogen and oxygen atoms in total. The van der Waals surface area contributed by atoms with Crippen LogP contribution in [0.5, 0.6) is 5.75 Å². The Labute approximate surface area is 204 Å². The van der Waals surface area contributed by atoms with Crippen LogP contribution >= 0.6 is 0 Å². The molecule has 0 spiro atoms. The van der Waals surface area contributed by atoms with Gasteiger partial charge in [0.1, 0.15) is 17.3 Å². The lowest BCUT2D eigenvalue weighted by Gasteiger charge is -2.18. The average Bonchev–Trinajstić information content (AvgIpc) is 3.30. The summed E-state index contributed by atoms with van der Waals surface area (Å²) in [6.07, 6.45) is 3.14. The van der Waals surface area contributed by atoms with Gasteiger partial charge in [0.25, 0.3) is 11.8 Å². The lowest BCUT2D eigenvalue weighted by Crippen LogP contribution is -2.41. The standard InChI is InChI=1S/C20H26N6O3.C2HF3O2/c1-13(29-16-4-3-7-22-10-16)19(27)26-15-6-5-14(8-15)9-25-20(28)17-11-24-18(21-2)12-23-17;3-2(4,5)1(6)7/h3-4,7,10-15H,5-6,8-9H2,1-2H3,(H,21,24)(H,25,28)(H,26,27);(H,6,7). The molecule has 1 aliphatic carbocycles. The van der Waals surface area contributed by atoms with Gasteiger partial charge >= 0.3 is 12.1 Å². The largest absolute Gasteiger partial charge is 0.490 e. The number of alkyl halides is 3. The van der Waals surface area contributed by atoms with Gasteiger partial charge in [0.05, 0.1) is 18.6 Å². The highest BCUT2D eigenvalue weighted by atomic mass is 19.4. The van der Waals surface area contributed by atoms with Crippen molar-refractivity contribution in [1.82, 2.24) is 25.6 Å². The number of hydrogen-bond acceptors (Lipinski definition) is 8. The second kappa shape index (κ2) is 13.2. The van der Waals surface area contributed by atoms with Crippen LogP contribution in [0.2, 0.25) is 0 Å². The monoisotopic (exact) mass is 512 g/mol. The van der Waals surface area contributed by atoms with E-state index in [1.54, 1.807) is 38.5 Å². The minimum Gasteiger partial charge on any atom is -0.479 e. The molecule has 0 aliphatic heterocycles. The Kier molecular flexibility index (Phi) is 10.4. The van der Waals surface area contributed by atoms with Crippen molar-refractivity contribution in [2.24, 2.45) is 5.92 Å². The van der Waals surface area contributed by atoms with E-state index >= 15 is 0 Å². The van der Waals surface area contributed by atoms with Crippen LogP contribution in [0.3, 0.4) is 0 Å². The van der Waals surface area contributed by atoms with Crippen LogP contribution in [-0.2, 0) is 9.59 Å². The van der Waals surface area contributed by atoms with Crippen LogP contribution in [0, 0.1) is 5.92 Å². The van der Waals surface area contributed by atoms with Gasteiger partial charge in [-0.05, 0) is 44.2 Å². The first-order valence-electron chi connectivity index (χ1n) is 10.9. The molecule has 36 heavy (non-hydrogen) atoms. The predicted octanol–water partition coefficient (Wildman–Crippen LogP) is 2.03. The molecule has 2 amide bonds. The van der Waals surface area contributed by atoms with E-state index in [1.807, 2.05) is 0 Å². The van der Waals surface area contributed by atoms with Crippen LogP contribution in [0.4, 0.5) is 19.0 Å². The summed E-state index contributed by atoms with van der Waals surface area (Å²) in [6, 6.07) is 3.61. The molecule has 0 bridgehead atoms. The number of carboxylic acid groups (broad SMARTS) is 1. The van der Waals surface area contributed by atoms with Crippen molar-refractivity contribution >= 4 is 23.6 Å². The van der Waals surface area contributed by atoms with Gasteiger partial charge in [0.2, 0.25) is 0 Å². The molecule has 0 radical (unpaired) electrons. The molecular weight excluding hydrogens is 485 g/mol. The summed E-state index contributed by atoms with van der Waals surface area (Å²) >= 11 is 0. The zero-order valence-corrected chi connectivity index (χ0v) is 19.6. The third-order valence-electron chi connectivity index (χ3n) is 5.14. The molecule has 3 atom stereocenters. The van der Waals surface area contributed by atoms with Gasteiger partial charge in [-0.3, -0.25) is 14.6 Å². The van der Waals surface area contributed by atoms with Crippen LogP contribution in [-0.4, -0.2) is 69.8 Å². The summed E-state index contributed by atoms with van der Waals surface area (Å²) < 4.78 is 37.3. The first-order chi connectivity index (χ1) is 17.0. The van der Waals surface area contributed by atoms with Gasteiger partial charge < -0.3 is 25.8 Å². The second-order valence-corrected chi connectivity index (χ2v) is 7.88. The maximum absolute atomic E-state index is 12.4. The summed E-state index contributed by atoms with van der Waals surface area (Å²) in [5, 5.41) is 15.9. The van der Waals surface area contributed by atoms with Gasteiger partial charge in [0.15, 0.2) is 6.10 Å². The van der Waals surface area contributed by atoms with Gasteiger partial charge in [-0.1, -0.05) is 0 Å². The number of ether oxygens (including phenoxy) is 1. The highest BCUT2D eigenvalue weighted by Crippen LogP contribution is 2.25. The number of carbonyl (C=O) groups is 3. The van der Waals surface area contributed by atoms with E-state index in [0.717, 1.165) is 19.3 Å². The number of anilines is 1. The fraction of sp³-hybridized carbons (Fsp3) is 0.455. The highest BCUT2D eigenvalue weighted by Gasteiger charge is 2.38. The number of halogens is 3. The van der Waals surface area contributed by atoms with Crippen molar-refractivity contribution in [3.8, 4) is 5.75 Å². The molecule has 2 heterocycles. The third-order valence-corrected chi connectivity index (χ3v) is 5.14. The molecule has 196 valence electrons. The molecule has 2 aromatic rings. The molecule has 2 aromatic heterocycles. The van der Waals surface area contributed by atoms with E-state index in [9.17, 15) is 22.8 Å². The Hall–Kier alpha value is -3.97. The molecule has 0 saturated heterocycles. The van der Waals surface area contributed by atoms with Crippen LogP contribution < -0.4 is 20.7 Å². The van der Waals surface area contributed by atoms with E-state index in [0.29, 0.717) is 24.0 Å². The highest BCUT2D eigenvalue weighted by molar-refractivity contribution is 5.92. The lowest BCUT2D eigenvalue weighted by molar-refractivity contribution is -0.192. The van der Waals surface area contributed by atoms with Crippen molar-refractivity contribution < 1.29 is 37.4 Å². The second-order valence-electron chi connectivity index (χ2n) is 7.88. The number of amides is 2. The Morgan fingerprint density at radius 1 is 1.19 bits per heavy atom. The Morgan fingerprint density at radius 3 is 2.47 bits per heavy atom. The first kappa shape index (κ1) is 28.3. The molecular formula is C22H27F3N6O5. The number of pyridine rings is 1. The van der Waals surface area contributed by atoms with Gasteiger partial charge in [-0.2, -0.15) is 13.2 Å². The molecule has 1 saturated carbocycles. The Morgan fingerprint density at radius 2 is 1.92 bits per heavy atom. The van der Waals surface area contributed by atoms with Crippen LogP contribution in [0.1, 0.15) is 36.7 Å².